The monoisotopic (exact) mass is 731 g/mol. The van der Waals surface area contributed by atoms with Crippen LogP contribution in [0.5, 0.6) is 11.6 Å². The molecule has 1 aromatic heterocycles. The highest BCUT2D eigenvalue weighted by Crippen LogP contribution is 2.44. The minimum Gasteiger partial charge on any atom is -0.496 e. The van der Waals surface area contributed by atoms with Gasteiger partial charge in [-0.2, -0.15) is 0 Å². The number of aromatic nitrogens is 1. The predicted molar refractivity (Wildman–Crippen MR) is 197 cm³/mol. The Morgan fingerprint density at radius 1 is 0.882 bits per heavy atom. The van der Waals surface area contributed by atoms with Crippen LogP contribution in [0.15, 0.2) is 54.6 Å². The van der Waals surface area contributed by atoms with E-state index in [4.69, 9.17) is 32.7 Å². The Morgan fingerprint density at radius 3 is 2.22 bits per heavy atom. The van der Waals surface area contributed by atoms with Gasteiger partial charge in [-0.25, -0.2) is 9.37 Å². The predicted octanol–water partition coefficient (Wildman–Crippen LogP) is 6.55. The number of methoxy groups -OCH3 is 2. The van der Waals surface area contributed by atoms with Gasteiger partial charge < -0.3 is 25.4 Å². The Hall–Kier alpha value is -4.22. The Kier molecular flexibility index (Phi) is 10.5. The Balaban J connectivity index is 1.15. The zero-order valence-electron chi connectivity index (χ0n) is 28.6. The summed E-state index contributed by atoms with van der Waals surface area (Å²) in [5, 5.41) is 10.1. The quantitative estimate of drug-likeness (QED) is 0.161. The largest absolute Gasteiger partial charge is 0.496 e. The van der Waals surface area contributed by atoms with Crippen molar-refractivity contribution in [2.75, 3.05) is 33.9 Å². The highest BCUT2D eigenvalue weighted by atomic mass is 35.5. The maximum Gasteiger partial charge on any atom is 0.220 e. The summed E-state index contributed by atoms with van der Waals surface area (Å²) in [4.78, 5) is 30.2. The second-order valence-electron chi connectivity index (χ2n) is 13.4. The molecule has 0 aliphatic carbocycles. The van der Waals surface area contributed by atoms with Gasteiger partial charge in [0, 0.05) is 91.0 Å². The average Bonchev–Trinajstić information content (AvgIpc) is 3.74. The zero-order chi connectivity index (χ0) is 35.6. The lowest BCUT2D eigenvalue weighted by Crippen LogP contribution is -2.41. The molecule has 4 aromatic rings. The van der Waals surface area contributed by atoms with Crippen LogP contribution in [0, 0.1) is 5.82 Å². The Labute approximate surface area is 306 Å². The first-order valence-corrected chi connectivity index (χ1v) is 18.0. The number of nitrogens with one attached hydrogen (secondary N) is 3. The lowest BCUT2D eigenvalue weighted by atomic mass is 9.91. The van der Waals surface area contributed by atoms with Crippen LogP contribution in [0.4, 0.5) is 4.39 Å². The molecule has 3 N–H and O–H groups in total. The third-order valence-electron chi connectivity index (χ3n) is 10.0. The lowest BCUT2D eigenvalue weighted by Gasteiger charge is -2.32. The minimum atomic E-state index is -0.534. The van der Waals surface area contributed by atoms with Crippen molar-refractivity contribution in [2.45, 2.75) is 57.3 Å². The van der Waals surface area contributed by atoms with Gasteiger partial charge in [-0.1, -0.05) is 65.7 Å². The van der Waals surface area contributed by atoms with Gasteiger partial charge in [0.1, 0.15) is 17.3 Å². The van der Waals surface area contributed by atoms with E-state index >= 15 is 4.39 Å². The van der Waals surface area contributed by atoms with Gasteiger partial charge in [-0.3, -0.25) is 14.5 Å². The molecule has 0 unspecified atom stereocenters. The normalized spacial score (nSPS) is 18.8. The van der Waals surface area contributed by atoms with E-state index in [1.165, 1.54) is 18.7 Å². The second kappa shape index (κ2) is 15.2. The van der Waals surface area contributed by atoms with E-state index in [2.05, 4.69) is 31.9 Å². The molecule has 0 saturated carbocycles. The first kappa shape index (κ1) is 35.2. The van der Waals surface area contributed by atoms with Crippen molar-refractivity contribution in [3.63, 3.8) is 0 Å². The first-order chi connectivity index (χ1) is 24.7. The third-order valence-corrected chi connectivity index (χ3v) is 10.8. The molecule has 2 fully saturated rings. The van der Waals surface area contributed by atoms with Gasteiger partial charge in [0.25, 0.3) is 0 Å². The average molecular weight is 733 g/mol. The number of carbonyl (C=O) groups excluding carboxylic acids is 2. The van der Waals surface area contributed by atoms with E-state index in [9.17, 15) is 9.59 Å². The SMILES string of the molecule is COc1cc(-c2cccc(-c3cccc(-c4nc(OC)c(CNC[C@H]5CCC(=O)N5)cc4F)c3Cl)c2Cl)cc2c1CN(C[C@H]1CCC(=O)N1)CC2. The number of benzene rings is 3. The smallest absolute Gasteiger partial charge is 0.220 e. The molecule has 2 saturated heterocycles. The second-order valence-corrected chi connectivity index (χ2v) is 14.1. The highest BCUT2D eigenvalue weighted by Gasteiger charge is 2.28. The van der Waals surface area contributed by atoms with Crippen LogP contribution < -0.4 is 25.4 Å². The van der Waals surface area contributed by atoms with Crippen LogP contribution in [-0.4, -0.2) is 67.6 Å². The summed E-state index contributed by atoms with van der Waals surface area (Å²) in [6, 6.07) is 17.1. The van der Waals surface area contributed by atoms with Crippen LogP contribution in [-0.2, 0) is 29.1 Å². The molecular weight excluding hydrogens is 692 g/mol. The van der Waals surface area contributed by atoms with Gasteiger partial charge in [-0.15, -0.1) is 0 Å². The third kappa shape index (κ3) is 7.42. The minimum absolute atomic E-state index is 0.0449. The van der Waals surface area contributed by atoms with Crippen molar-refractivity contribution < 1.29 is 23.5 Å². The van der Waals surface area contributed by atoms with Gasteiger partial charge in [0.05, 0.1) is 24.3 Å². The molecule has 3 aliphatic heterocycles. The van der Waals surface area contributed by atoms with Gasteiger partial charge in [0.15, 0.2) is 0 Å². The summed E-state index contributed by atoms with van der Waals surface area (Å²) in [6.07, 6.45) is 3.59. The van der Waals surface area contributed by atoms with Crippen LogP contribution in [0.25, 0.3) is 33.5 Å². The molecule has 7 rings (SSSR count). The number of pyridine rings is 1. The van der Waals surface area contributed by atoms with E-state index < -0.39 is 5.82 Å². The lowest BCUT2D eigenvalue weighted by molar-refractivity contribution is -0.120. The fraction of sp³-hybridized carbons (Fsp3) is 0.359. The molecule has 3 aliphatic rings. The number of fused-ring (bicyclic) bond motifs is 1. The molecular formula is C39H40Cl2FN5O4. The van der Waals surface area contributed by atoms with Gasteiger partial charge >= 0.3 is 0 Å². The maximum absolute atomic E-state index is 15.7. The molecule has 2 amide bonds. The topological polar surface area (TPSA) is 105 Å². The number of ether oxygens (including phenoxy) is 2. The molecule has 3 aromatic carbocycles. The number of nitrogens with zero attached hydrogens (tertiary/aromatic N) is 2. The van der Waals surface area contributed by atoms with Crippen molar-refractivity contribution in [3.05, 3.63) is 87.2 Å². The van der Waals surface area contributed by atoms with Crippen LogP contribution in [0.2, 0.25) is 10.0 Å². The molecule has 4 heterocycles. The molecule has 0 bridgehead atoms. The fourth-order valence-electron chi connectivity index (χ4n) is 7.41. The number of halogens is 3. The standard InChI is InChI=1S/C39H40Cl2FN5O4/c1-50-33-17-23(15-22-13-14-47(21-31(22)33)20-26-10-12-35(49)45-26)27-5-3-6-28(36(27)40)29-7-4-8-30(37(29)41)38-32(42)16-24(39(46-38)51-2)18-43-19-25-9-11-34(48)44-25/h3-8,15-17,25-26,43H,9-14,18-21H2,1-2H3,(H,44,48)(H,45,49)/t25-,26-/m1/s1. The molecule has 2 atom stereocenters. The van der Waals surface area contributed by atoms with E-state index in [0.29, 0.717) is 58.2 Å². The summed E-state index contributed by atoms with van der Waals surface area (Å²) in [6.45, 7) is 3.33. The van der Waals surface area contributed by atoms with Crippen molar-refractivity contribution in [3.8, 4) is 45.1 Å². The number of hydrogen-bond donors (Lipinski definition) is 3. The van der Waals surface area contributed by atoms with Crippen molar-refractivity contribution in [2.24, 2.45) is 0 Å². The fourth-order valence-corrected chi connectivity index (χ4v) is 8.06. The number of carbonyl (C=O) groups is 2. The van der Waals surface area contributed by atoms with E-state index in [1.54, 1.807) is 13.2 Å². The molecule has 0 radical (unpaired) electrons. The van der Waals surface area contributed by atoms with Crippen molar-refractivity contribution in [1.29, 1.82) is 0 Å². The van der Waals surface area contributed by atoms with E-state index in [0.717, 1.165) is 61.3 Å². The van der Waals surface area contributed by atoms with Gasteiger partial charge in [0.2, 0.25) is 17.7 Å². The number of hydrogen-bond acceptors (Lipinski definition) is 7. The number of amides is 2. The summed E-state index contributed by atoms with van der Waals surface area (Å²) in [5.41, 5.74) is 6.50. The van der Waals surface area contributed by atoms with Crippen molar-refractivity contribution >= 4 is 35.0 Å². The van der Waals surface area contributed by atoms with E-state index in [-0.39, 0.29) is 35.5 Å². The summed E-state index contributed by atoms with van der Waals surface area (Å²) < 4.78 is 27.2. The molecule has 9 nitrogen and oxygen atoms in total. The summed E-state index contributed by atoms with van der Waals surface area (Å²) in [5.74, 6) is 0.716. The maximum atomic E-state index is 15.7. The van der Waals surface area contributed by atoms with Gasteiger partial charge in [-0.05, 0) is 42.5 Å². The van der Waals surface area contributed by atoms with E-state index in [1.807, 2.05) is 36.4 Å². The van der Waals surface area contributed by atoms with Crippen molar-refractivity contribution in [1.82, 2.24) is 25.8 Å². The Morgan fingerprint density at radius 2 is 1.55 bits per heavy atom. The summed E-state index contributed by atoms with van der Waals surface area (Å²) >= 11 is 14.2. The van der Waals surface area contributed by atoms with Crippen LogP contribution in [0.1, 0.15) is 42.4 Å². The molecule has 12 heteroatoms. The molecule has 51 heavy (non-hydrogen) atoms. The molecule has 0 spiro atoms. The van der Waals surface area contributed by atoms with Crippen LogP contribution >= 0.6 is 23.2 Å². The van der Waals surface area contributed by atoms with Crippen LogP contribution in [0.3, 0.4) is 0 Å². The Bertz CT molecular complexity index is 1970. The highest BCUT2D eigenvalue weighted by molar-refractivity contribution is 6.39. The number of rotatable bonds is 11. The summed E-state index contributed by atoms with van der Waals surface area (Å²) in [7, 11) is 3.18. The molecule has 266 valence electrons. The zero-order valence-corrected chi connectivity index (χ0v) is 30.1. The first-order valence-electron chi connectivity index (χ1n) is 17.3.